The van der Waals surface area contributed by atoms with Crippen LogP contribution in [-0.2, 0) is 0 Å². The van der Waals surface area contributed by atoms with Gasteiger partial charge in [-0.05, 0) is 37.8 Å². The molecule has 134 valence electrons. The average molecular weight is 342 g/mol. The minimum absolute atomic E-state index is 0.0331. The van der Waals surface area contributed by atoms with Gasteiger partial charge in [0.1, 0.15) is 6.10 Å². The van der Waals surface area contributed by atoms with Gasteiger partial charge in [0, 0.05) is 38.3 Å². The number of urea groups is 1. The van der Waals surface area contributed by atoms with Gasteiger partial charge >= 0.3 is 6.03 Å². The summed E-state index contributed by atoms with van der Waals surface area (Å²) in [7, 11) is 0. The van der Waals surface area contributed by atoms with E-state index in [0.29, 0.717) is 6.54 Å². The van der Waals surface area contributed by atoms with Crippen molar-refractivity contribution in [2.75, 3.05) is 31.1 Å². The SMILES string of the molecule is O=C(NC1CC=CC1)N1CC[C@H](Oc2cccnc2N2CCCC2)C1. The van der Waals surface area contributed by atoms with Gasteiger partial charge < -0.3 is 19.9 Å². The van der Waals surface area contributed by atoms with Crippen LogP contribution in [0.15, 0.2) is 30.5 Å². The van der Waals surface area contributed by atoms with Crippen LogP contribution in [0.1, 0.15) is 32.1 Å². The highest BCUT2D eigenvalue weighted by Crippen LogP contribution is 2.30. The Morgan fingerprint density at radius 1 is 1.20 bits per heavy atom. The molecule has 3 heterocycles. The third kappa shape index (κ3) is 3.72. The summed E-state index contributed by atoms with van der Waals surface area (Å²) < 4.78 is 6.23. The van der Waals surface area contributed by atoms with Crippen molar-refractivity contribution in [1.29, 1.82) is 0 Å². The van der Waals surface area contributed by atoms with Gasteiger partial charge in [0.15, 0.2) is 11.6 Å². The van der Waals surface area contributed by atoms with Crippen molar-refractivity contribution >= 4 is 11.8 Å². The van der Waals surface area contributed by atoms with E-state index >= 15 is 0 Å². The number of nitrogens with zero attached hydrogens (tertiary/aromatic N) is 3. The quantitative estimate of drug-likeness (QED) is 0.855. The van der Waals surface area contributed by atoms with E-state index in [-0.39, 0.29) is 18.2 Å². The van der Waals surface area contributed by atoms with Crippen molar-refractivity contribution in [3.05, 3.63) is 30.5 Å². The minimum Gasteiger partial charge on any atom is -0.485 e. The van der Waals surface area contributed by atoms with Crippen LogP contribution in [0.25, 0.3) is 0 Å². The molecule has 6 heteroatoms. The van der Waals surface area contributed by atoms with E-state index in [9.17, 15) is 4.79 Å². The number of amides is 2. The Morgan fingerprint density at radius 2 is 2.00 bits per heavy atom. The molecule has 0 bridgehead atoms. The van der Waals surface area contributed by atoms with Crippen molar-refractivity contribution < 1.29 is 9.53 Å². The molecule has 0 saturated carbocycles. The lowest BCUT2D eigenvalue weighted by Gasteiger charge is -2.23. The number of hydrogen-bond donors (Lipinski definition) is 1. The van der Waals surface area contributed by atoms with Crippen LogP contribution >= 0.6 is 0 Å². The van der Waals surface area contributed by atoms with Gasteiger partial charge in [-0.1, -0.05) is 12.2 Å². The first kappa shape index (κ1) is 16.2. The maximum Gasteiger partial charge on any atom is 0.317 e. The number of anilines is 1. The largest absolute Gasteiger partial charge is 0.485 e. The first-order valence-corrected chi connectivity index (χ1v) is 9.36. The summed E-state index contributed by atoms with van der Waals surface area (Å²) in [5.41, 5.74) is 0. The molecule has 1 aliphatic carbocycles. The van der Waals surface area contributed by atoms with Crippen LogP contribution in [0, 0.1) is 0 Å². The molecule has 1 aromatic heterocycles. The normalized spacial score (nSPS) is 23.4. The molecule has 2 saturated heterocycles. The molecular weight excluding hydrogens is 316 g/mol. The Kier molecular flexibility index (Phi) is 4.76. The second kappa shape index (κ2) is 7.33. The Labute approximate surface area is 148 Å². The number of hydrogen-bond acceptors (Lipinski definition) is 4. The highest BCUT2D eigenvalue weighted by Gasteiger charge is 2.30. The summed E-state index contributed by atoms with van der Waals surface area (Å²) in [4.78, 5) is 21.1. The summed E-state index contributed by atoms with van der Waals surface area (Å²) >= 11 is 0. The molecule has 2 amide bonds. The summed E-state index contributed by atoms with van der Waals surface area (Å²) in [6, 6.07) is 4.20. The standard InChI is InChI=1S/C19H26N4O2/c24-19(21-15-6-1-2-7-15)23-13-9-16(14-23)25-17-8-5-10-20-18(17)22-11-3-4-12-22/h1-2,5,8,10,15-16H,3-4,6-7,9,11-14H2,(H,21,24)/t16-/m0/s1. The van der Waals surface area contributed by atoms with Crippen LogP contribution in [-0.4, -0.2) is 54.2 Å². The Balaban J connectivity index is 1.34. The van der Waals surface area contributed by atoms with E-state index in [0.717, 1.165) is 50.5 Å². The van der Waals surface area contributed by atoms with Crippen molar-refractivity contribution in [2.45, 2.75) is 44.2 Å². The fourth-order valence-electron chi connectivity index (χ4n) is 3.83. The van der Waals surface area contributed by atoms with E-state index in [1.807, 2.05) is 23.2 Å². The maximum absolute atomic E-state index is 12.4. The lowest BCUT2D eigenvalue weighted by molar-refractivity contribution is 0.184. The number of aromatic nitrogens is 1. The van der Waals surface area contributed by atoms with Crippen LogP contribution < -0.4 is 15.0 Å². The van der Waals surface area contributed by atoms with Gasteiger partial charge in [-0.3, -0.25) is 0 Å². The number of likely N-dealkylation sites (tertiary alicyclic amines) is 1. The minimum atomic E-state index is 0.0331. The van der Waals surface area contributed by atoms with Crippen molar-refractivity contribution in [2.24, 2.45) is 0 Å². The monoisotopic (exact) mass is 342 g/mol. The molecule has 1 atom stereocenters. The van der Waals surface area contributed by atoms with Crippen LogP contribution in [0.3, 0.4) is 0 Å². The van der Waals surface area contributed by atoms with E-state index in [4.69, 9.17) is 4.74 Å². The zero-order chi connectivity index (χ0) is 17.1. The summed E-state index contributed by atoms with van der Waals surface area (Å²) in [6.07, 6.45) is 11.3. The number of rotatable bonds is 4. The van der Waals surface area contributed by atoms with Crippen LogP contribution in [0.4, 0.5) is 10.6 Å². The summed E-state index contributed by atoms with van der Waals surface area (Å²) in [5.74, 6) is 1.79. The molecule has 0 aromatic carbocycles. The number of carbonyl (C=O) groups excluding carboxylic acids is 1. The van der Waals surface area contributed by atoms with Crippen molar-refractivity contribution in [1.82, 2.24) is 15.2 Å². The fourth-order valence-corrected chi connectivity index (χ4v) is 3.83. The molecule has 0 spiro atoms. The molecule has 2 fully saturated rings. The van der Waals surface area contributed by atoms with Crippen LogP contribution in [0.5, 0.6) is 5.75 Å². The van der Waals surface area contributed by atoms with E-state index < -0.39 is 0 Å². The second-order valence-electron chi connectivity index (χ2n) is 7.08. The van der Waals surface area contributed by atoms with Gasteiger partial charge in [0.2, 0.25) is 0 Å². The van der Waals surface area contributed by atoms with Gasteiger partial charge in [-0.25, -0.2) is 9.78 Å². The molecule has 1 aromatic rings. The first-order chi connectivity index (χ1) is 12.3. The van der Waals surface area contributed by atoms with Crippen molar-refractivity contribution in [3.8, 4) is 5.75 Å². The lowest BCUT2D eigenvalue weighted by atomic mass is 10.2. The third-order valence-corrected chi connectivity index (χ3v) is 5.22. The molecule has 25 heavy (non-hydrogen) atoms. The first-order valence-electron chi connectivity index (χ1n) is 9.36. The van der Waals surface area contributed by atoms with Crippen LogP contribution in [0.2, 0.25) is 0 Å². The van der Waals surface area contributed by atoms with E-state index in [1.165, 1.54) is 12.8 Å². The highest BCUT2D eigenvalue weighted by atomic mass is 16.5. The fraction of sp³-hybridized carbons (Fsp3) is 0.579. The average Bonchev–Trinajstić information content (AvgIpc) is 3.38. The molecule has 1 N–H and O–H groups in total. The highest BCUT2D eigenvalue weighted by molar-refractivity contribution is 5.75. The second-order valence-corrected chi connectivity index (χ2v) is 7.08. The van der Waals surface area contributed by atoms with Crippen molar-refractivity contribution in [3.63, 3.8) is 0 Å². The zero-order valence-electron chi connectivity index (χ0n) is 14.6. The molecular formula is C19H26N4O2. The number of nitrogens with one attached hydrogen (secondary N) is 1. The molecule has 6 nitrogen and oxygen atoms in total. The number of ether oxygens (including phenoxy) is 1. The number of pyridine rings is 1. The molecule has 4 rings (SSSR count). The molecule has 3 aliphatic rings. The maximum atomic E-state index is 12.4. The summed E-state index contributed by atoms with van der Waals surface area (Å²) in [5, 5.41) is 3.11. The Bertz CT molecular complexity index is 634. The van der Waals surface area contributed by atoms with Gasteiger partial charge in [0.05, 0.1) is 6.54 Å². The number of carbonyl (C=O) groups is 1. The molecule has 0 radical (unpaired) electrons. The van der Waals surface area contributed by atoms with Gasteiger partial charge in [-0.2, -0.15) is 0 Å². The third-order valence-electron chi connectivity index (χ3n) is 5.22. The Morgan fingerprint density at radius 3 is 2.80 bits per heavy atom. The smallest absolute Gasteiger partial charge is 0.317 e. The Hall–Kier alpha value is -2.24. The lowest BCUT2D eigenvalue weighted by Crippen LogP contribution is -2.43. The predicted octanol–water partition coefficient (Wildman–Crippen LogP) is 2.56. The van der Waals surface area contributed by atoms with Gasteiger partial charge in [-0.15, -0.1) is 0 Å². The van der Waals surface area contributed by atoms with E-state index in [1.54, 1.807) is 0 Å². The zero-order valence-corrected chi connectivity index (χ0v) is 14.6. The van der Waals surface area contributed by atoms with Gasteiger partial charge in [0.25, 0.3) is 0 Å². The molecule has 2 aliphatic heterocycles. The predicted molar refractivity (Wildman–Crippen MR) is 97.0 cm³/mol. The topological polar surface area (TPSA) is 57.7 Å². The molecule has 0 unspecified atom stereocenters. The van der Waals surface area contributed by atoms with E-state index in [2.05, 4.69) is 27.4 Å². The summed E-state index contributed by atoms with van der Waals surface area (Å²) in [6.45, 7) is 3.47.